The van der Waals surface area contributed by atoms with E-state index in [1.54, 1.807) is 0 Å². The van der Waals surface area contributed by atoms with Crippen LogP contribution in [0.4, 0.5) is 0 Å². The monoisotopic (exact) mass is 400 g/mol. The number of benzene rings is 2. The van der Waals surface area contributed by atoms with E-state index in [2.05, 4.69) is 0 Å². The Morgan fingerprint density at radius 3 is 1.19 bits per heavy atom. The molecule has 7 heteroatoms. The van der Waals surface area contributed by atoms with Crippen molar-refractivity contribution in [3.05, 3.63) is 48.5 Å². The molecule has 0 bridgehead atoms. The van der Waals surface area contributed by atoms with Crippen LogP contribution in [0, 0.1) is 0 Å². The number of hydrogen-bond acceptors (Lipinski definition) is 6. The number of fused-ring (bicyclic) bond motifs is 2. The van der Waals surface area contributed by atoms with Crippen molar-refractivity contribution >= 4 is 51.4 Å². The van der Waals surface area contributed by atoms with Crippen LogP contribution in [-0.4, -0.2) is 104 Å². The zero-order valence-corrected chi connectivity index (χ0v) is 14.7. The van der Waals surface area contributed by atoms with Gasteiger partial charge in [0.05, 0.1) is 39.6 Å². The van der Waals surface area contributed by atoms with Crippen LogP contribution in [0.25, 0.3) is 0 Å². The third-order valence-electron chi connectivity index (χ3n) is 3.63. The zero-order chi connectivity index (χ0) is 17.9. The van der Waals surface area contributed by atoms with Crippen LogP contribution < -0.4 is 14.2 Å². The van der Waals surface area contributed by atoms with Crippen LogP contribution in [0.3, 0.4) is 0 Å². The van der Waals surface area contributed by atoms with Crippen molar-refractivity contribution in [2.24, 2.45) is 0 Å². The zero-order valence-electron chi connectivity index (χ0n) is 14.7. The molecule has 2 aromatic rings. The van der Waals surface area contributed by atoms with Crippen LogP contribution in [0.5, 0.6) is 23.0 Å². The van der Waals surface area contributed by atoms with E-state index in [0.717, 1.165) is 0 Å². The van der Waals surface area contributed by atoms with Gasteiger partial charge in [0.1, 0.15) is 13.2 Å². The number of rotatable bonds is 0. The van der Waals surface area contributed by atoms with Gasteiger partial charge in [-0.15, -0.1) is 0 Å². The molecule has 2 aromatic carbocycles. The average molecular weight is 401 g/mol. The van der Waals surface area contributed by atoms with E-state index in [0.29, 0.717) is 75.9 Å². The Morgan fingerprint density at radius 2 is 0.778 bits per heavy atom. The topological polar surface area (TPSA) is 55.4 Å². The second kappa shape index (κ2) is 13.5. The van der Waals surface area contributed by atoms with Crippen molar-refractivity contribution in [2.75, 3.05) is 52.9 Å². The van der Waals surface area contributed by atoms with Gasteiger partial charge in [0.15, 0.2) is 23.0 Å². The fraction of sp³-hybridized carbons (Fsp3) is 0.400. The maximum atomic E-state index is 6.04. The molecule has 1 heterocycles. The van der Waals surface area contributed by atoms with Gasteiger partial charge in [-0.3, -0.25) is 0 Å². The summed E-state index contributed by atoms with van der Waals surface area (Å²) < 4.78 is 34.1. The van der Waals surface area contributed by atoms with Gasteiger partial charge in [0, 0.05) is 0 Å². The first-order valence-corrected chi connectivity index (χ1v) is 8.78. The van der Waals surface area contributed by atoms with Crippen LogP contribution in [0.1, 0.15) is 0 Å². The van der Waals surface area contributed by atoms with Gasteiger partial charge in [-0.05, 0) is 24.3 Å². The summed E-state index contributed by atoms with van der Waals surface area (Å²) in [5.74, 6) is 2.58. The van der Waals surface area contributed by atoms with Crippen molar-refractivity contribution in [3.63, 3.8) is 0 Å². The average Bonchev–Trinajstić information content (AvgIpc) is 2.67. The number of ether oxygens (including phenoxy) is 6. The van der Waals surface area contributed by atoms with Crippen LogP contribution >= 0.6 is 0 Å². The van der Waals surface area contributed by atoms with E-state index in [1.165, 1.54) is 0 Å². The Hall–Kier alpha value is -0.644. The molecule has 0 saturated heterocycles. The predicted molar refractivity (Wildman–Crippen MR) is 104 cm³/mol. The van der Waals surface area contributed by atoms with Crippen LogP contribution in [-0.2, 0) is 14.2 Å². The first kappa shape index (κ1) is 22.6. The van der Waals surface area contributed by atoms with Crippen molar-refractivity contribution in [1.29, 1.82) is 0 Å². The van der Waals surface area contributed by atoms with E-state index >= 15 is 0 Å². The van der Waals surface area contributed by atoms with Crippen molar-refractivity contribution in [3.8, 4) is 23.0 Å². The second-order valence-electron chi connectivity index (χ2n) is 5.53. The van der Waals surface area contributed by atoms with E-state index in [-0.39, 0.29) is 51.4 Å². The van der Waals surface area contributed by atoms with Crippen molar-refractivity contribution in [2.45, 2.75) is 0 Å². The minimum absolute atomic E-state index is 0. The van der Waals surface area contributed by atoms with Gasteiger partial charge in [-0.25, -0.2) is 0 Å². The summed E-state index contributed by atoms with van der Waals surface area (Å²) in [4.78, 5) is 0. The molecule has 27 heavy (non-hydrogen) atoms. The molecule has 0 spiro atoms. The number of hydrogen-bond donors (Lipinski definition) is 0. The molecule has 0 amide bonds. The Kier molecular flexibility index (Phi) is 11.3. The van der Waals surface area contributed by atoms with Crippen molar-refractivity contribution < 1.29 is 28.4 Å². The fourth-order valence-electron chi connectivity index (χ4n) is 2.39. The Bertz CT molecular complexity index is 611. The molecule has 0 unspecified atom stereocenters. The summed E-state index contributed by atoms with van der Waals surface area (Å²) in [5.41, 5.74) is 0. The van der Waals surface area contributed by atoms with E-state index < -0.39 is 0 Å². The predicted octanol–water partition coefficient (Wildman–Crippen LogP) is 2.65. The van der Waals surface area contributed by atoms with Gasteiger partial charge >= 0.3 is 51.4 Å². The molecule has 0 N–H and O–H groups in total. The number of para-hydroxylation sites is 4. The van der Waals surface area contributed by atoms with Gasteiger partial charge in [0.2, 0.25) is 0 Å². The molecule has 0 saturated carbocycles. The smallest absolute Gasteiger partial charge is 0.169 e. The fourth-order valence-corrected chi connectivity index (χ4v) is 2.39. The third kappa shape index (κ3) is 8.09. The molecule has 0 aliphatic carbocycles. The molecular weight excluding hydrogens is 375 g/mol. The molecule has 1 aliphatic heterocycles. The molecule has 1 aliphatic rings. The second-order valence-corrected chi connectivity index (χ2v) is 5.53. The quantitative estimate of drug-likeness (QED) is 0.634. The first-order chi connectivity index (χ1) is 12.9. The largest absolute Gasteiger partial charge is 0.487 e. The van der Waals surface area contributed by atoms with Gasteiger partial charge in [-0.1, -0.05) is 24.3 Å². The SMILES string of the molecule is [KH].c1ccc2c(c1)OCCOCCOCCOCCOc1ccccc1O2. The first-order valence-electron chi connectivity index (χ1n) is 8.78. The van der Waals surface area contributed by atoms with Crippen LogP contribution in [0.2, 0.25) is 0 Å². The van der Waals surface area contributed by atoms with E-state index in [1.807, 2.05) is 48.5 Å². The van der Waals surface area contributed by atoms with Gasteiger partial charge < -0.3 is 28.4 Å². The molecule has 6 nitrogen and oxygen atoms in total. The Balaban J connectivity index is 0.00000261. The van der Waals surface area contributed by atoms with Gasteiger partial charge in [-0.2, -0.15) is 0 Å². The maximum Gasteiger partial charge on any atom is 0.169 e. The minimum atomic E-state index is 0. The Morgan fingerprint density at radius 1 is 0.444 bits per heavy atom. The summed E-state index contributed by atoms with van der Waals surface area (Å²) in [6.45, 7) is 3.95. The molecule has 0 radical (unpaired) electrons. The summed E-state index contributed by atoms with van der Waals surface area (Å²) in [7, 11) is 0. The molecule has 0 fully saturated rings. The Labute approximate surface area is 202 Å². The summed E-state index contributed by atoms with van der Waals surface area (Å²) in [5, 5.41) is 0. The summed E-state index contributed by atoms with van der Waals surface area (Å²) in [6.07, 6.45) is 0. The minimum Gasteiger partial charge on any atom is -0.487 e. The molecule has 0 atom stereocenters. The standard InChI is InChI=1S/C20H24O6.K.H/c1-3-7-19-17(5-1)24-15-13-22-11-9-21-10-12-23-14-16-25-18-6-2-4-8-20(18)26-19;;/h1-8H,9-16H2;;. The summed E-state index contributed by atoms with van der Waals surface area (Å²) >= 11 is 0. The normalized spacial score (nSPS) is 16.6. The van der Waals surface area contributed by atoms with E-state index in [4.69, 9.17) is 28.4 Å². The molecule has 142 valence electrons. The van der Waals surface area contributed by atoms with Gasteiger partial charge in [0.25, 0.3) is 0 Å². The van der Waals surface area contributed by atoms with Crippen LogP contribution in [0.15, 0.2) is 48.5 Å². The van der Waals surface area contributed by atoms with E-state index in [9.17, 15) is 0 Å². The third-order valence-corrected chi connectivity index (χ3v) is 3.63. The molecular formula is C20H25KO6. The maximum absolute atomic E-state index is 6.04. The molecule has 3 rings (SSSR count). The molecule has 0 aromatic heterocycles. The van der Waals surface area contributed by atoms with Crippen molar-refractivity contribution in [1.82, 2.24) is 0 Å². The summed E-state index contributed by atoms with van der Waals surface area (Å²) in [6, 6.07) is 15.1.